The molecule has 2 aromatic rings. The van der Waals surface area contributed by atoms with Crippen LogP contribution < -0.4 is 0 Å². The summed E-state index contributed by atoms with van der Waals surface area (Å²) in [7, 11) is 0. The lowest BCUT2D eigenvalue weighted by Crippen LogP contribution is -2.11. The fourth-order valence-corrected chi connectivity index (χ4v) is 4.25. The molecular weight excluding hydrogens is 324 g/mol. The summed E-state index contributed by atoms with van der Waals surface area (Å²) < 4.78 is 2.20. The number of thioether (sulfide) groups is 1. The molecule has 0 radical (unpaired) electrons. The molecule has 1 aromatic heterocycles. The summed E-state index contributed by atoms with van der Waals surface area (Å²) in [4.78, 5) is 4.20. The molecule has 0 saturated heterocycles. The van der Waals surface area contributed by atoms with Gasteiger partial charge in [-0.25, -0.2) is 4.98 Å². The molecular formula is C22H34N2S. The van der Waals surface area contributed by atoms with Crippen molar-refractivity contribution in [1.82, 2.24) is 9.55 Å². The first-order valence-electron chi connectivity index (χ1n) is 9.68. The molecule has 0 saturated carbocycles. The third kappa shape index (κ3) is 6.89. The van der Waals surface area contributed by atoms with Crippen molar-refractivity contribution in [2.75, 3.05) is 5.75 Å². The van der Waals surface area contributed by atoms with Crippen molar-refractivity contribution in [2.45, 2.75) is 77.0 Å². The Kier molecular flexibility index (Phi) is 8.08. The smallest absolute Gasteiger partial charge is 0.0946 e. The normalized spacial score (nSPS) is 13.1. The van der Waals surface area contributed by atoms with Crippen molar-refractivity contribution in [3.05, 3.63) is 54.1 Å². The SMILES string of the molecule is CCCCCCCSC(Cn1ccnc1)c1ccc(C(C)(C)C)cc1. The number of aromatic nitrogens is 2. The van der Waals surface area contributed by atoms with Gasteiger partial charge in [-0.2, -0.15) is 11.8 Å². The van der Waals surface area contributed by atoms with Crippen LogP contribution in [0.3, 0.4) is 0 Å². The van der Waals surface area contributed by atoms with E-state index in [9.17, 15) is 0 Å². The highest BCUT2D eigenvalue weighted by Crippen LogP contribution is 2.33. The Bertz CT molecular complexity index is 581. The van der Waals surface area contributed by atoms with Crippen LogP contribution >= 0.6 is 11.8 Å². The summed E-state index contributed by atoms with van der Waals surface area (Å²) in [5, 5.41) is 0.495. The van der Waals surface area contributed by atoms with Gasteiger partial charge in [0.25, 0.3) is 0 Å². The molecule has 1 aromatic carbocycles. The van der Waals surface area contributed by atoms with E-state index in [1.54, 1.807) is 0 Å². The van der Waals surface area contributed by atoms with E-state index >= 15 is 0 Å². The molecule has 0 aliphatic heterocycles. The van der Waals surface area contributed by atoms with E-state index in [2.05, 4.69) is 79.5 Å². The summed E-state index contributed by atoms with van der Waals surface area (Å²) in [6, 6.07) is 9.26. The van der Waals surface area contributed by atoms with E-state index in [4.69, 9.17) is 0 Å². The maximum atomic E-state index is 4.20. The zero-order valence-corrected chi connectivity index (χ0v) is 17.2. The Balaban J connectivity index is 1.98. The molecule has 0 amide bonds. The third-order valence-corrected chi connectivity index (χ3v) is 6.00. The minimum Gasteiger partial charge on any atom is -0.336 e. The Hall–Kier alpha value is -1.22. The van der Waals surface area contributed by atoms with Crippen LogP contribution in [0.5, 0.6) is 0 Å². The Morgan fingerprint density at radius 2 is 1.76 bits per heavy atom. The number of hydrogen-bond donors (Lipinski definition) is 0. The molecule has 1 heterocycles. The summed E-state index contributed by atoms with van der Waals surface area (Å²) in [5.74, 6) is 1.24. The van der Waals surface area contributed by atoms with Gasteiger partial charge in [0, 0.05) is 24.2 Å². The zero-order chi connectivity index (χ0) is 18.1. The molecule has 0 fully saturated rings. The number of imidazole rings is 1. The second-order valence-corrected chi connectivity index (χ2v) is 9.22. The van der Waals surface area contributed by atoms with Gasteiger partial charge in [-0.3, -0.25) is 0 Å². The molecule has 0 spiro atoms. The molecule has 3 heteroatoms. The molecule has 2 nitrogen and oxygen atoms in total. The van der Waals surface area contributed by atoms with Crippen molar-refractivity contribution < 1.29 is 0 Å². The number of unbranched alkanes of at least 4 members (excludes halogenated alkanes) is 4. The zero-order valence-electron chi connectivity index (χ0n) is 16.4. The lowest BCUT2D eigenvalue weighted by Gasteiger charge is -2.22. The van der Waals surface area contributed by atoms with Crippen LogP contribution in [0.25, 0.3) is 0 Å². The number of benzene rings is 1. The van der Waals surface area contributed by atoms with Crippen LogP contribution in [-0.4, -0.2) is 15.3 Å². The van der Waals surface area contributed by atoms with E-state index in [0.717, 1.165) is 6.54 Å². The van der Waals surface area contributed by atoms with Gasteiger partial charge in [0.2, 0.25) is 0 Å². The quantitative estimate of drug-likeness (QED) is 0.444. The van der Waals surface area contributed by atoms with E-state index < -0.39 is 0 Å². The van der Waals surface area contributed by atoms with Crippen LogP contribution in [0.4, 0.5) is 0 Å². The lowest BCUT2D eigenvalue weighted by molar-refractivity contribution is 0.589. The van der Waals surface area contributed by atoms with Crippen LogP contribution in [0.2, 0.25) is 0 Å². The highest BCUT2D eigenvalue weighted by molar-refractivity contribution is 7.99. The monoisotopic (exact) mass is 358 g/mol. The van der Waals surface area contributed by atoms with Gasteiger partial charge in [-0.05, 0) is 28.7 Å². The minimum absolute atomic E-state index is 0.213. The van der Waals surface area contributed by atoms with Gasteiger partial charge in [0.15, 0.2) is 0 Å². The fourth-order valence-electron chi connectivity index (χ4n) is 2.97. The van der Waals surface area contributed by atoms with Gasteiger partial charge >= 0.3 is 0 Å². The van der Waals surface area contributed by atoms with Crippen molar-refractivity contribution >= 4 is 11.8 Å². The predicted octanol–water partition coefficient (Wildman–Crippen LogP) is 6.63. The summed E-state index contributed by atoms with van der Waals surface area (Å²) >= 11 is 2.10. The molecule has 25 heavy (non-hydrogen) atoms. The van der Waals surface area contributed by atoms with Crippen LogP contribution in [0.15, 0.2) is 43.0 Å². The Morgan fingerprint density at radius 1 is 1.04 bits per heavy atom. The molecule has 2 rings (SSSR count). The lowest BCUT2D eigenvalue weighted by atomic mass is 9.86. The number of hydrogen-bond acceptors (Lipinski definition) is 2. The maximum Gasteiger partial charge on any atom is 0.0946 e. The van der Waals surface area contributed by atoms with E-state index in [1.807, 2.05) is 12.5 Å². The van der Waals surface area contributed by atoms with Crippen LogP contribution in [0, 0.1) is 0 Å². The van der Waals surface area contributed by atoms with Gasteiger partial charge in [0.1, 0.15) is 0 Å². The fraction of sp³-hybridized carbons (Fsp3) is 0.591. The van der Waals surface area contributed by atoms with E-state index in [-0.39, 0.29) is 5.41 Å². The molecule has 138 valence electrons. The summed E-state index contributed by atoms with van der Waals surface area (Å²) in [6.07, 6.45) is 12.6. The van der Waals surface area contributed by atoms with Crippen molar-refractivity contribution in [3.8, 4) is 0 Å². The Morgan fingerprint density at radius 3 is 2.36 bits per heavy atom. The van der Waals surface area contributed by atoms with Crippen molar-refractivity contribution in [1.29, 1.82) is 0 Å². The molecule has 1 unspecified atom stereocenters. The van der Waals surface area contributed by atoms with Crippen LogP contribution in [-0.2, 0) is 12.0 Å². The largest absolute Gasteiger partial charge is 0.336 e. The molecule has 1 atom stereocenters. The topological polar surface area (TPSA) is 17.8 Å². The predicted molar refractivity (Wildman–Crippen MR) is 111 cm³/mol. The van der Waals surface area contributed by atoms with Crippen LogP contribution in [0.1, 0.15) is 76.2 Å². The average Bonchev–Trinajstić information content (AvgIpc) is 3.09. The second-order valence-electron chi connectivity index (χ2n) is 7.91. The van der Waals surface area contributed by atoms with Crippen molar-refractivity contribution in [2.24, 2.45) is 0 Å². The maximum absolute atomic E-state index is 4.20. The second kappa shape index (κ2) is 10.1. The van der Waals surface area contributed by atoms with Gasteiger partial charge in [-0.1, -0.05) is 77.6 Å². The molecule has 0 aliphatic rings. The highest BCUT2D eigenvalue weighted by Gasteiger charge is 2.16. The average molecular weight is 359 g/mol. The van der Waals surface area contributed by atoms with E-state index in [0.29, 0.717) is 5.25 Å². The summed E-state index contributed by atoms with van der Waals surface area (Å²) in [6.45, 7) is 10.1. The summed E-state index contributed by atoms with van der Waals surface area (Å²) in [5.41, 5.74) is 3.05. The van der Waals surface area contributed by atoms with Gasteiger partial charge < -0.3 is 4.57 Å². The number of nitrogens with zero attached hydrogens (tertiary/aromatic N) is 2. The van der Waals surface area contributed by atoms with Gasteiger partial charge in [-0.15, -0.1) is 0 Å². The van der Waals surface area contributed by atoms with E-state index in [1.165, 1.54) is 49.0 Å². The Labute approximate surface area is 158 Å². The standard InChI is InChI=1S/C22H34N2S/c1-5-6-7-8-9-16-25-21(17-24-15-14-23-18-24)19-10-12-20(13-11-19)22(2,3)4/h10-15,18,21H,5-9,16-17H2,1-4H3. The highest BCUT2D eigenvalue weighted by atomic mass is 32.2. The third-order valence-electron chi connectivity index (χ3n) is 4.65. The minimum atomic E-state index is 0.213. The first kappa shape index (κ1) is 20.1. The molecule has 0 aliphatic carbocycles. The van der Waals surface area contributed by atoms with Crippen molar-refractivity contribution in [3.63, 3.8) is 0 Å². The first-order chi connectivity index (χ1) is 12.0. The first-order valence-corrected chi connectivity index (χ1v) is 10.7. The molecule has 0 bridgehead atoms. The number of rotatable bonds is 10. The van der Waals surface area contributed by atoms with Gasteiger partial charge in [0.05, 0.1) is 6.33 Å². The molecule has 0 N–H and O–H groups in total.